The molecule has 2 N–H and O–H groups in total. The number of non-ortho nitro benzene ring substituents is 1. The highest BCUT2D eigenvalue weighted by Gasteiger charge is 2.12. The van der Waals surface area contributed by atoms with E-state index in [0.29, 0.717) is 11.4 Å². The Balaban J connectivity index is 2.41. The van der Waals surface area contributed by atoms with Gasteiger partial charge in [0.25, 0.3) is 5.69 Å². The van der Waals surface area contributed by atoms with Crippen molar-refractivity contribution in [3.63, 3.8) is 0 Å². The van der Waals surface area contributed by atoms with Gasteiger partial charge in [0.2, 0.25) is 0 Å². The van der Waals surface area contributed by atoms with Gasteiger partial charge in [-0.1, -0.05) is 0 Å². The number of nitrogens with zero attached hydrogens (tertiary/aromatic N) is 1. The van der Waals surface area contributed by atoms with Gasteiger partial charge in [-0.25, -0.2) is 8.78 Å². The number of anilines is 3. The summed E-state index contributed by atoms with van der Waals surface area (Å²) >= 11 is 2.96. The van der Waals surface area contributed by atoms with Crippen LogP contribution in [0.15, 0.2) is 34.8 Å². The van der Waals surface area contributed by atoms with Crippen molar-refractivity contribution < 1.29 is 13.7 Å². The molecule has 8 heteroatoms. The fourth-order valence-electron chi connectivity index (χ4n) is 1.71. The Bertz CT molecular complexity index is 710. The van der Waals surface area contributed by atoms with E-state index in [-0.39, 0.29) is 15.8 Å². The van der Waals surface area contributed by atoms with Crippen molar-refractivity contribution in [3.05, 3.63) is 56.6 Å². The average Bonchev–Trinajstić information content (AvgIpc) is 2.44. The van der Waals surface area contributed by atoms with Gasteiger partial charge < -0.3 is 10.6 Å². The molecule has 0 aliphatic carbocycles. The molecule has 0 bridgehead atoms. The van der Waals surface area contributed by atoms with Gasteiger partial charge in [-0.2, -0.15) is 0 Å². The van der Waals surface area contributed by atoms with Gasteiger partial charge in [0.05, 0.1) is 15.1 Å². The number of hydrogen-bond acceptors (Lipinski definition) is 4. The maximum absolute atomic E-state index is 13.7. The Kier molecular flexibility index (Phi) is 4.37. The van der Waals surface area contributed by atoms with Crippen molar-refractivity contribution >= 4 is 38.7 Å². The van der Waals surface area contributed by atoms with Crippen molar-refractivity contribution in [2.45, 2.75) is 0 Å². The summed E-state index contributed by atoms with van der Waals surface area (Å²) in [5.41, 5.74) is 0.663. The lowest BCUT2D eigenvalue weighted by atomic mass is 10.2. The van der Waals surface area contributed by atoms with E-state index in [2.05, 4.69) is 26.6 Å². The molecule has 2 rings (SSSR count). The minimum Gasteiger partial charge on any atom is -0.388 e. The smallest absolute Gasteiger partial charge is 0.273 e. The molecule has 2 aromatic rings. The molecule has 0 spiro atoms. The van der Waals surface area contributed by atoms with E-state index < -0.39 is 16.6 Å². The Morgan fingerprint density at radius 3 is 2.38 bits per heavy atom. The lowest BCUT2D eigenvalue weighted by Crippen LogP contribution is -1.99. The SMILES string of the molecule is CNc1cc(Nc2cc(Br)c(F)cc2F)cc([N+](=O)[O-])c1. The Labute approximate surface area is 127 Å². The number of halogens is 3. The summed E-state index contributed by atoms with van der Waals surface area (Å²) in [6.45, 7) is 0. The third kappa shape index (κ3) is 3.46. The van der Waals surface area contributed by atoms with Crippen LogP contribution in [0.4, 0.5) is 31.5 Å². The third-order valence-electron chi connectivity index (χ3n) is 2.71. The van der Waals surface area contributed by atoms with Crippen LogP contribution in [0.25, 0.3) is 0 Å². The van der Waals surface area contributed by atoms with E-state index in [9.17, 15) is 18.9 Å². The molecule has 0 aliphatic rings. The molecule has 0 heterocycles. The molecule has 2 aromatic carbocycles. The van der Waals surface area contributed by atoms with Crippen LogP contribution in [0.2, 0.25) is 0 Å². The van der Waals surface area contributed by atoms with Crippen LogP contribution in [-0.2, 0) is 0 Å². The predicted octanol–water partition coefficient (Wildman–Crippen LogP) is 4.42. The average molecular weight is 358 g/mol. The minimum absolute atomic E-state index is 0.00539. The van der Waals surface area contributed by atoms with Crippen molar-refractivity contribution in [1.82, 2.24) is 0 Å². The van der Waals surface area contributed by atoms with E-state index in [4.69, 9.17) is 0 Å². The van der Waals surface area contributed by atoms with E-state index in [1.165, 1.54) is 18.2 Å². The Morgan fingerprint density at radius 1 is 1.10 bits per heavy atom. The van der Waals surface area contributed by atoms with Crippen LogP contribution in [0.1, 0.15) is 0 Å². The quantitative estimate of drug-likeness (QED) is 0.482. The number of benzene rings is 2. The molecule has 5 nitrogen and oxygen atoms in total. The molecule has 0 aliphatic heterocycles. The number of hydrogen-bond donors (Lipinski definition) is 2. The molecule has 21 heavy (non-hydrogen) atoms. The number of nitrogens with one attached hydrogen (secondary N) is 2. The first-order chi connectivity index (χ1) is 9.90. The van der Waals surface area contributed by atoms with Gasteiger partial charge >= 0.3 is 0 Å². The number of nitro groups is 1. The van der Waals surface area contributed by atoms with Crippen LogP contribution in [0.5, 0.6) is 0 Å². The van der Waals surface area contributed by atoms with E-state index in [1.54, 1.807) is 13.1 Å². The summed E-state index contributed by atoms with van der Waals surface area (Å²) in [7, 11) is 1.61. The van der Waals surface area contributed by atoms with Crippen molar-refractivity contribution in [1.29, 1.82) is 0 Å². The maximum Gasteiger partial charge on any atom is 0.273 e. The maximum atomic E-state index is 13.7. The van der Waals surface area contributed by atoms with Crippen LogP contribution in [0.3, 0.4) is 0 Å². The van der Waals surface area contributed by atoms with Crippen LogP contribution in [0, 0.1) is 21.7 Å². The summed E-state index contributed by atoms with van der Waals surface area (Å²) in [6.07, 6.45) is 0. The van der Waals surface area contributed by atoms with Gasteiger partial charge in [0.1, 0.15) is 11.6 Å². The van der Waals surface area contributed by atoms with E-state index in [1.807, 2.05) is 0 Å². The molecule has 0 unspecified atom stereocenters. The van der Waals surface area contributed by atoms with Gasteiger partial charge in [-0.3, -0.25) is 10.1 Å². The molecule has 110 valence electrons. The third-order valence-corrected chi connectivity index (χ3v) is 3.31. The van der Waals surface area contributed by atoms with Gasteiger partial charge in [0, 0.05) is 36.6 Å². The van der Waals surface area contributed by atoms with Crippen LogP contribution >= 0.6 is 15.9 Å². The first-order valence-corrected chi connectivity index (χ1v) is 6.59. The van der Waals surface area contributed by atoms with E-state index in [0.717, 1.165) is 6.07 Å². The Morgan fingerprint density at radius 2 is 1.76 bits per heavy atom. The molecular formula is C13H10BrF2N3O2. The van der Waals surface area contributed by atoms with Crippen LogP contribution in [-0.4, -0.2) is 12.0 Å². The normalized spacial score (nSPS) is 10.3. The zero-order chi connectivity index (χ0) is 15.6. The molecule has 0 radical (unpaired) electrons. The van der Waals surface area contributed by atoms with Gasteiger partial charge in [-0.15, -0.1) is 0 Å². The van der Waals surface area contributed by atoms with Crippen LogP contribution < -0.4 is 10.6 Å². The predicted molar refractivity (Wildman–Crippen MR) is 80.0 cm³/mol. The first-order valence-electron chi connectivity index (χ1n) is 5.79. The second kappa shape index (κ2) is 6.04. The zero-order valence-corrected chi connectivity index (χ0v) is 12.4. The number of nitro benzene ring substituents is 1. The minimum atomic E-state index is -0.798. The van der Waals surface area contributed by atoms with Gasteiger partial charge in [-0.05, 0) is 28.1 Å². The summed E-state index contributed by atoms with van der Waals surface area (Å²) in [6, 6.07) is 6.13. The lowest BCUT2D eigenvalue weighted by molar-refractivity contribution is -0.384. The van der Waals surface area contributed by atoms with Crippen molar-refractivity contribution in [2.75, 3.05) is 17.7 Å². The highest BCUT2D eigenvalue weighted by atomic mass is 79.9. The van der Waals surface area contributed by atoms with Gasteiger partial charge in [0.15, 0.2) is 0 Å². The summed E-state index contributed by atoms with van der Waals surface area (Å²) in [4.78, 5) is 10.3. The molecule has 0 saturated heterocycles. The molecule has 0 fully saturated rings. The lowest BCUT2D eigenvalue weighted by Gasteiger charge is -2.10. The van der Waals surface area contributed by atoms with E-state index >= 15 is 0 Å². The first kappa shape index (κ1) is 15.2. The second-order valence-corrected chi connectivity index (χ2v) is 5.00. The van der Waals surface area contributed by atoms with Crippen molar-refractivity contribution in [3.8, 4) is 0 Å². The molecule has 0 amide bonds. The summed E-state index contributed by atoms with van der Waals surface area (Å²) in [5, 5.41) is 16.3. The summed E-state index contributed by atoms with van der Waals surface area (Å²) < 4.78 is 26.9. The molecule has 0 aromatic heterocycles. The topological polar surface area (TPSA) is 67.2 Å². The summed E-state index contributed by atoms with van der Waals surface area (Å²) in [5.74, 6) is -1.53. The Hall–Kier alpha value is -2.22. The zero-order valence-electron chi connectivity index (χ0n) is 10.8. The fourth-order valence-corrected chi connectivity index (χ4v) is 2.05. The largest absolute Gasteiger partial charge is 0.388 e. The highest BCUT2D eigenvalue weighted by molar-refractivity contribution is 9.10. The molecule has 0 saturated carbocycles. The highest BCUT2D eigenvalue weighted by Crippen LogP contribution is 2.30. The monoisotopic (exact) mass is 357 g/mol. The molecule has 0 atom stereocenters. The second-order valence-electron chi connectivity index (χ2n) is 4.15. The van der Waals surface area contributed by atoms with Crippen molar-refractivity contribution in [2.24, 2.45) is 0 Å². The number of rotatable bonds is 4. The molecular weight excluding hydrogens is 348 g/mol. The fraction of sp³-hybridized carbons (Fsp3) is 0.0769. The standard InChI is InChI=1S/C13H10BrF2N3O2/c1-17-7-2-8(4-9(3-7)19(20)21)18-13-5-10(14)11(15)6-12(13)16/h2-6,17-18H,1H3.